The molecule has 0 saturated carbocycles. The van der Waals surface area contributed by atoms with E-state index in [2.05, 4.69) is 10.3 Å². The molecule has 4 aromatic rings. The van der Waals surface area contributed by atoms with Crippen molar-refractivity contribution in [1.82, 2.24) is 9.56 Å². The fourth-order valence-corrected chi connectivity index (χ4v) is 2.99. The normalized spacial score (nSPS) is 10.7. The summed E-state index contributed by atoms with van der Waals surface area (Å²) in [5.74, 6) is 2.06. The molecule has 9 heteroatoms. The van der Waals surface area contributed by atoms with E-state index in [1.807, 2.05) is 0 Å². The summed E-state index contributed by atoms with van der Waals surface area (Å²) in [7, 11) is 1.58. The molecule has 1 amide bonds. The Morgan fingerprint density at radius 1 is 1.03 bits per heavy atom. The molecule has 0 spiro atoms. The number of aromatic nitrogens is 2. The van der Waals surface area contributed by atoms with Gasteiger partial charge in [-0.05, 0) is 43.3 Å². The van der Waals surface area contributed by atoms with Crippen LogP contribution in [0.4, 0.5) is 5.69 Å². The predicted molar refractivity (Wildman–Crippen MR) is 116 cm³/mol. The van der Waals surface area contributed by atoms with E-state index in [-0.39, 0.29) is 24.7 Å². The summed E-state index contributed by atoms with van der Waals surface area (Å²) >= 11 is 0. The van der Waals surface area contributed by atoms with Crippen molar-refractivity contribution in [2.24, 2.45) is 0 Å². The van der Waals surface area contributed by atoms with Crippen molar-refractivity contribution in [2.75, 3.05) is 19.0 Å². The third kappa shape index (κ3) is 5.07. The summed E-state index contributed by atoms with van der Waals surface area (Å²) in [5.41, 5.74) is 1.13. The maximum Gasteiger partial charge on any atom is 0.287 e. The fraction of sp³-hybridized carbons (Fsp3) is 0.174. The van der Waals surface area contributed by atoms with Crippen LogP contribution in [0.1, 0.15) is 11.5 Å². The second kappa shape index (κ2) is 9.25. The number of benzene rings is 2. The smallest absolute Gasteiger partial charge is 0.287 e. The lowest BCUT2D eigenvalue weighted by Crippen LogP contribution is -2.20. The van der Waals surface area contributed by atoms with Crippen LogP contribution in [0.15, 0.2) is 70.0 Å². The number of carbonyl (C=O) groups is 1. The number of carbonyl (C=O) groups excluding carboxylic acids is 1. The number of fused-ring (bicyclic) bond motifs is 1. The summed E-state index contributed by atoms with van der Waals surface area (Å²) in [5, 5.41) is 2.76. The van der Waals surface area contributed by atoms with Crippen molar-refractivity contribution in [2.45, 2.75) is 13.5 Å². The second-order valence-electron chi connectivity index (χ2n) is 6.91. The molecule has 0 atom stereocenters. The Kier molecular flexibility index (Phi) is 6.07. The van der Waals surface area contributed by atoms with Gasteiger partial charge in [0.1, 0.15) is 29.6 Å². The van der Waals surface area contributed by atoms with E-state index in [0.717, 1.165) is 4.57 Å². The largest absolute Gasteiger partial charge is 0.497 e. The molecule has 2 heterocycles. The number of hydrogen-bond donors (Lipinski definition) is 1. The molecule has 0 saturated heterocycles. The molecular formula is C23H21N3O6. The van der Waals surface area contributed by atoms with Crippen LogP contribution in [0.2, 0.25) is 0 Å². The van der Waals surface area contributed by atoms with Crippen LogP contribution in [0.25, 0.3) is 5.65 Å². The van der Waals surface area contributed by atoms with Crippen LogP contribution >= 0.6 is 0 Å². The van der Waals surface area contributed by atoms with Gasteiger partial charge in [-0.2, -0.15) is 0 Å². The van der Waals surface area contributed by atoms with Crippen LogP contribution in [-0.2, 0) is 11.4 Å². The van der Waals surface area contributed by atoms with Gasteiger partial charge in [0, 0.05) is 23.9 Å². The van der Waals surface area contributed by atoms with Crippen molar-refractivity contribution < 1.29 is 23.5 Å². The van der Waals surface area contributed by atoms with Gasteiger partial charge in [0.25, 0.3) is 11.5 Å². The first-order valence-electron chi connectivity index (χ1n) is 9.79. The zero-order chi connectivity index (χ0) is 22.5. The average Bonchev–Trinajstić information content (AvgIpc) is 3.18. The summed E-state index contributed by atoms with van der Waals surface area (Å²) < 4.78 is 22.7. The van der Waals surface area contributed by atoms with Gasteiger partial charge in [-0.15, -0.1) is 4.57 Å². The standard InChI is InChI=1S/C23H21N3O6/c1-15-10-21-24-17(12-23(28)26(21)32-15)13-30-20-5-3-4-16(11-20)25-22(27)14-31-19-8-6-18(29-2)7-9-19/h3-12H,13-14H2,1-2H3,(H,25,27). The molecule has 0 radical (unpaired) electrons. The molecule has 32 heavy (non-hydrogen) atoms. The highest BCUT2D eigenvalue weighted by Crippen LogP contribution is 2.19. The Morgan fingerprint density at radius 3 is 2.59 bits per heavy atom. The van der Waals surface area contributed by atoms with Crippen molar-refractivity contribution in [1.29, 1.82) is 0 Å². The average molecular weight is 435 g/mol. The third-order valence-electron chi connectivity index (χ3n) is 4.46. The number of nitrogens with one attached hydrogen (secondary N) is 1. The highest BCUT2D eigenvalue weighted by atomic mass is 16.5. The van der Waals surface area contributed by atoms with Crippen molar-refractivity contribution in [3.05, 3.63) is 82.5 Å². The molecular weight excluding hydrogens is 414 g/mol. The molecule has 0 aliphatic heterocycles. The minimum atomic E-state index is -0.320. The lowest BCUT2D eigenvalue weighted by molar-refractivity contribution is -0.118. The first kappa shape index (κ1) is 21.0. The van der Waals surface area contributed by atoms with Crippen LogP contribution < -0.4 is 25.1 Å². The van der Waals surface area contributed by atoms with E-state index < -0.39 is 0 Å². The number of ether oxygens (including phenoxy) is 3. The number of aryl methyl sites for hydroxylation is 1. The Morgan fingerprint density at radius 2 is 1.81 bits per heavy atom. The lowest BCUT2D eigenvalue weighted by atomic mass is 10.3. The highest BCUT2D eigenvalue weighted by Gasteiger charge is 2.09. The maximum atomic E-state index is 12.2. The Hall–Kier alpha value is -4.27. The van der Waals surface area contributed by atoms with Crippen LogP contribution in [0, 0.1) is 6.92 Å². The molecule has 0 aliphatic rings. The molecule has 0 unspecified atom stereocenters. The van der Waals surface area contributed by atoms with E-state index in [4.69, 9.17) is 18.7 Å². The van der Waals surface area contributed by atoms with E-state index in [1.54, 1.807) is 68.6 Å². The van der Waals surface area contributed by atoms with Crippen molar-refractivity contribution >= 4 is 17.2 Å². The van der Waals surface area contributed by atoms with Crippen LogP contribution in [0.5, 0.6) is 17.2 Å². The highest BCUT2D eigenvalue weighted by molar-refractivity contribution is 5.92. The van der Waals surface area contributed by atoms with Gasteiger partial charge in [0.2, 0.25) is 0 Å². The molecule has 1 N–H and O–H groups in total. The minimum absolute atomic E-state index is 0.0912. The minimum Gasteiger partial charge on any atom is -0.497 e. The number of rotatable bonds is 8. The Balaban J connectivity index is 1.33. The molecule has 4 rings (SSSR count). The third-order valence-corrected chi connectivity index (χ3v) is 4.46. The summed E-state index contributed by atoms with van der Waals surface area (Å²) in [6, 6.07) is 16.9. The monoisotopic (exact) mass is 435 g/mol. The number of hydrogen-bond acceptors (Lipinski definition) is 7. The SMILES string of the molecule is COc1ccc(OCC(=O)Nc2cccc(OCc3cc(=O)n4oc(C)cc4n3)c2)cc1. The first-order chi connectivity index (χ1) is 15.5. The maximum absolute atomic E-state index is 12.2. The van der Waals surface area contributed by atoms with Gasteiger partial charge >= 0.3 is 0 Å². The van der Waals surface area contributed by atoms with E-state index in [9.17, 15) is 9.59 Å². The molecule has 0 bridgehead atoms. The van der Waals surface area contributed by atoms with Crippen molar-refractivity contribution in [3.63, 3.8) is 0 Å². The van der Waals surface area contributed by atoms with Crippen molar-refractivity contribution in [3.8, 4) is 17.2 Å². The second-order valence-corrected chi connectivity index (χ2v) is 6.91. The summed E-state index contributed by atoms with van der Waals surface area (Å²) in [6.45, 7) is 1.69. The summed E-state index contributed by atoms with van der Waals surface area (Å²) in [4.78, 5) is 28.7. The Bertz CT molecular complexity index is 1290. The number of methoxy groups -OCH3 is 1. The van der Waals surface area contributed by atoms with E-state index >= 15 is 0 Å². The van der Waals surface area contributed by atoms with E-state index in [0.29, 0.717) is 40.0 Å². The zero-order valence-corrected chi connectivity index (χ0v) is 17.5. The van der Waals surface area contributed by atoms with Gasteiger partial charge in [0.05, 0.1) is 12.8 Å². The topological polar surface area (TPSA) is 104 Å². The first-order valence-corrected chi connectivity index (χ1v) is 9.79. The van der Waals surface area contributed by atoms with Gasteiger partial charge in [-0.1, -0.05) is 6.07 Å². The van der Waals surface area contributed by atoms with E-state index in [1.165, 1.54) is 6.07 Å². The van der Waals surface area contributed by atoms with Crippen LogP contribution in [0.3, 0.4) is 0 Å². The lowest BCUT2D eigenvalue weighted by Gasteiger charge is -2.10. The van der Waals surface area contributed by atoms with Crippen LogP contribution in [-0.4, -0.2) is 29.2 Å². The molecule has 2 aromatic carbocycles. The molecule has 0 fully saturated rings. The zero-order valence-electron chi connectivity index (χ0n) is 17.5. The van der Waals surface area contributed by atoms with Gasteiger partial charge in [-0.25, -0.2) is 4.98 Å². The number of anilines is 1. The molecule has 164 valence electrons. The molecule has 9 nitrogen and oxygen atoms in total. The quantitative estimate of drug-likeness (QED) is 0.453. The Labute approximate surface area is 183 Å². The van der Waals surface area contributed by atoms with Gasteiger partial charge in [-0.3, -0.25) is 9.59 Å². The predicted octanol–water partition coefficient (Wildman–Crippen LogP) is 3.20. The number of amides is 1. The van der Waals surface area contributed by atoms with Gasteiger partial charge in [0.15, 0.2) is 12.3 Å². The summed E-state index contributed by atoms with van der Waals surface area (Å²) in [6.07, 6.45) is 0. The van der Waals surface area contributed by atoms with Gasteiger partial charge < -0.3 is 24.1 Å². The fourth-order valence-electron chi connectivity index (χ4n) is 2.99. The number of nitrogens with zero attached hydrogens (tertiary/aromatic N) is 2. The molecule has 2 aromatic heterocycles. The molecule has 0 aliphatic carbocycles.